The second kappa shape index (κ2) is 11.9. The van der Waals surface area contributed by atoms with Crippen molar-refractivity contribution >= 4 is 56.9 Å². The van der Waals surface area contributed by atoms with E-state index in [9.17, 15) is 14.4 Å². The molecule has 2 aromatic carbocycles. The molecule has 4 N–H and O–H groups in total. The summed E-state index contributed by atoms with van der Waals surface area (Å²) in [6.45, 7) is 1.53. The molecule has 2 amide bonds. The van der Waals surface area contributed by atoms with E-state index >= 15 is 0 Å². The van der Waals surface area contributed by atoms with Crippen LogP contribution in [0.4, 0.5) is 10.8 Å². The Kier molecular flexibility index (Phi) is 8.02. The molecule has 0 unspecified atom stereocenters. The fraction of sp³-hybridized carbons (Fsp3) is 0.353. The van der Waals surface area contributed by atoms with Gasteiger partial charge in [0.05, 0.1) is 5.69 Å². The smallest absolute Gasteiger partial charge is 0.331 e. The number of hydrogen-bond acceptors (Lipinski definition) is 6. The molecule has 9 nitrogen and oxygen atoms in total. The molecule has 0 radical (unpaired) electrons. The van der Waals surface area contributed by atoms with Crippen LogP contribution in [0.25, 0.3) is 28.4 Å². The number of thiazole rings is 1. The highest BCUT2D eigenvalue weighted by Gasteiger charge is 2.45. The van der Waals surface area contributed by atoms with Crippen LogP contribution in [-0.4, -0.2) is 45.0 Å². The number of benzene rings is 2. The molecule has 0 spiro atoms. The second-order valence-corrected chi connectivity index (χ2v) is 12.8. The lowest BCUT2D eigenvalue weighted by Gasteiger charge is -2.40. The predicted molar refractivity (Wildman–Crippen MR) is 175 cm³/mol. The zero-order valence-corrected chi connectivity index (χ0v) is 26.0. The van der Waals surface area contributed by atoms with Gasteiger partial charge in [0.25, 0.3) is 5.91 Å². The molecule has 10 heteroatoms. The molecule has 2 saturated carbocycles. The number of rotatable bonds is 9. The second-order valence-electron chi connectivity index (χ2n) is 11.9. The van der Waals surface area contributed by atoms with Gasteiger partial charge in [0, 0.05) is 47.2 Å². The SMILES string of the molecule is CNc1nc(-c2c(C3CCCC3)c3ccc(C(=O)NC4(C(=O)Nc5ccc(/C=C(\C)C(=O)O)cc5)CCC4)cc3n2C)cs1. The maximum atomic E-state index is 13.7. The Morgan fingerprint density at radius 3 is 2.41 bits per heavy atom. The van der Waals surface area contributed by atoms with Crippen LogP contribution in [0.5, 0.6) is 0 Å². The molecule has 0 aliphatic heterocycles. The zero-order valence-electron chi connectivity index (χ0n) is 25.2. The summed E-state index contributed by atoms with van der Waals surface area (Å²) < 4.78 is 2.16. The Morgan fingerprint density at radius 1 is 1.07 bits per heavy atom. The monoisotopic (exact) mass is 611 g/mol. The van der Waals surface area contributed by atoms with Crippen molar-refractivity contribution in [1.29, 1.82) is 0 Å². The van der Waals surface area contributed by atoms with Crippen LogP contribution in [0, 0.1) is 0 Å². The number of carbonyl (C=O) groups is 3. The van der Waals surface area contributed by atoms with Gasteiger partial charge in [0.2, 0.25) is 5.91 Å². The van der Waals surface area contributed by atoms with Gasteiger partial charge in [-0.1, -0.05) is 31.0 Å². The van der Waals surface area contributed by atoms with Crippen LogP contribution in [-0.2, 0) is 16.6 Å². The van der Waals surface area contributed by atoms with Gasteiger partial charge in [-0.25, -0.2) is 9.78 Å². The highest BCUT2D eigenvalue weighted by atomic mass is 32.1. The average Bonchev–Trinajstić information content (AvgIpc) is 3.75. The van der Waals surface area contributed by atoms with E-state index in [1.54, 1.807) is 41.7 Å². The van der Waals surface area contributed by atoms with Crippen LogP contribution in [0.1, 0.15) is 79.3 Å². The largest absolute Gasteiger partial charge is 0.478 e. The number of aryl methyl sites for hydroxylation is 1. The van der Waals surface area contributed by atoms with Crippen molar-refractivity contribution < 1.29 is 19.5 Å². The van der Waals surface area contributed by atoms with Crippen molar-refractivity contribution in [1.82, 2.24) is 14.9 Å². The maximum Gasteiger partial charge on any atom is 0.331 e. The average molecular weight is 612 g/mol. The van der Waals surface area contributed by atoms with Crippen molar-refractivity contribution in [2.75, 3.05) is 17.7 Å². The van der Waals surface area contributed by atoms with Crippen LogP contribution in [0.2, 0.25) is 0 Å². The van der Waals surface area contributed by atoms with E-state index in [4.69, 9.17) is 10.1 Å². The minimum atomic E-state index is -0.983. The minimum Gasteiger partial charge on any atom is -0.478 e. The van der Waals surface area contributed by atoms with E-state index in [1.165, 1.54) is 25.3 Å². The Hall–Kier alpha value is -4.44. The van der Waals surface area contributed by atoms with Gasteiger partial charge in [0.1, 0.15) is 11.2 Å². The molecule has 228 valence electrons. The number of carboxylic acids is 1. The Balaban J connectivity index is 1.25. The van der Waals surface area contributed by atoms with Gasteiger partial charge < -0.3 is 25.6 Å². The molecule has 44 heavy (non-hydrogen) atoms. The van der Waals surface area contributed by atoms with Crippen molar-refractivity contribution in [3.63, 3.8) is 0 Å². The quantitative estimate of drug-likeness (QED) is 0.155. The van der Waals surface area contributed by atoms with Crippen molar-refractivity contribution in [2.45, 2.75) is 63.3 Å². The number of carboxylic acid groups (broad SMARTS) is 1. The van der Waals surface area contributed by atoms with Gasteiger partial charge in [-0.05, 0) is 86.4 Å². The number of aliphatic carboxylic acids is 1. The standard InChI is InChI=1S/C34H37N5O4S/c1-20(31(41)42)17-21-9-12-24(13-10-21)36-32(43)34(15-6-16-34)38-30(40)23-11-14-25-27(18-23)39(3)29(26-19-44-33(35-2)37-26)28(25)22-7-4-5-8-22/h9-14,17-19,22H,4-8,15-16H2,1-3H3,(H,35,37)(H,36,43)(H,38,40)(H,41,42)/b20-17+. The number of nitrogens with one attached hydrogen (secondary N) is 3. The highest BCUT2D eigenvalue weighted by molar-refractivity contribution is 7.14. The Labute approximate surface area is 260 Å². The first kappa shape index (κ1) is 29.6. The van der Waals surface area contributed by atoms with Gasteiger partial charge >= 0.3 is 5.97 Å². The molecule has 2 aromatic heterocycles. The first-order valence-corrected chi connectivity index (χ1v) is 16.0. The molecule has 0 bridgehead atoms. The van der Waals surface area contributed by atoms with E-state index < -0.39 is 11.5 Å². The third-order valence-electron chi connectivity index (χ3n) is 9.11. The molecule has 2 heterocycles. The van der Waals surface area contributed by atoms with E-state index in [2.05, 4.69) is 32.0 Å². The molecule has 4 aromatic rings. The maximum absolute atomic E-state index is 13.7. The molecule has 0 saturated heterocycles. The van der Waals surface area contributed by atoms with Gasteiger partial charge in [-0.15, -0.1) is 11.3 Å². The van der Waals surface area contributed by atoms with Crippen LogP contribution >= 0.6 is 11.3 Å². The zero-order chi connectivity index (χ0) is 31.0. The summed E-state index contributed by atoms with van der Waals surface area (Å²) in [5.41, 5.74) is 5.41. The minimum absolute atomic E-state index is 0.225. The molecular weight excluding hydrogens is 574 g/mol. The first-order valence-electron chi connectivity index (χ1n) is 15.1. The topological polar surface area (TPSA) is 125 Å². The predicted octanol–water partition coefficient (Wildman–Crippen LogP) is 6.78. The lowest BCUT2D eigenvalue weighted by atomic mass is 9.75. The highest BCUT2D eigenvalue weighted by Crippen LogP contribution is 2.45. The van der Waals surface area contributed by atoms with Crippen LogP contribution in [0.15, 0.2) is 53.4 Å². The summed E-state index contributed by atoms with van der Waals surface area (Å²) in [6, 6.07) is 12.8. The van der Waals surface area contributed by atoms with E-state index in [-0.39, 0.29) is 17.4 Å². The number of amides is 2. The summed E-state index contributed by atoms with van der Waals surface area (Å²) in [4.78, 5) is 43.0. The summed E-state index contributed by atoms with van der Waals surface area (Å²) in [7, 11) is 3.92. The molecule has 2 aliphatic carbocycles. The number of aromatic nitrogens is 2. The Bertz CT molecular complexity index is 1770. The molecular formula is C34H37N5O4S. The molecule has 6 rings (SSSR count). The normalized spacial score (nSPS) is 16.5. The summed E-state index contributed by atoms with van der Waals surface area (Å²) in [6.07, 6.45) is 8.27. The number of anilines is 2. The number of fused-ring (bicyclic) bond motifs is 1. The lowest BCUT2D eigenvalue weighted by molar-refractivity contribution is -0.132. The summed E-state index contributed by atoms with van der Waals surface area (Å²) in [5, 5.41) is 22.4. The third kappa shape index (κ3) is 5.50. The molecule has 2 aliphatic rings. The fourth-order valence-electron chi connectivity index (χ4n) is 6.50. The van der Waals surface area contributed by atoms with Crippen molar-refractivity contribution in [2.24, 2.45) is 7.05 Å². The van der Waals surface area contributed by atoms with Gasteiger partial charge in [-0.3, -0.25) is 9.59 Å². The van der Waals surface area contributed by atoms with E-state index in [0.29, 0.717) is 30.0 Å². The number of nitrogens with zero attached hydrogens (tertiary/aromatic N) is 2. The number of hydrogen-bond donors (Lipinski definition) is 4. The van der Waals surface area contributed by atoms with Crippen molar-refractivity contribution in [3.8, 4) is 11.4 Å². The van der Waals surface area contributed by atoms with Crippen LogP contribution < -0.4 is 16.0 Å². The first-order chi connectivity index (χ1) is 21.2. The van der Waals surface area contributed by atoms with Crippen LogP contribution in [0.3, 0.4) is 0 Å². The van der Waals surface area contributed by atoms with Crippen molar-refractivity contribution in [3.05, 3.63) is 70.1 Å². The fourth-order valence-corrected chi connectivity index (χ4v) is 7.15. The summed E-state index contributed by atoms with van der Waals surface area (Å²) >= 11 is 1.58. The number of carbonyl (C=O) groups excluding carboxylic acids is 2. The summed E-state index contributed by atoms with van der Waals surface area (Å²) in [5.74, 6) is -1.05. The third-order valence-corrected chi connectivity index (χ3v) is 9.97. The van der Waals surface area contributed by atoms with Gasteiger partial charge in [0.15, 0.2) is 5.13 Å². The Morgan fingerprint density at radius 2 is 1.80 bits per heavy atom. The molecule has 0 atom stereocenters. The molecule has 2 fully saturated rings. The van der Waals surface area contributed by atoms with E-state index in [0.717, 1.165) is 52.2 Å². The lowest BCUT2D eigenvalue weighted by Crippen LogP contribution is -2.61. The van der Waals surface area contributed by atoms with Gasteiger partial charge in [-0.2, -0.15) is 0 Å². The van der Waals surface area contributed by atoms with E-state index in [1.807, 2.05) is 26.2 Å².